The fraction of sp³-hybridized carbons (Fsp3) is 0.357. The first kappa shape index (κ1) is 15.5. The molecule has 0 unspecified atom stereocenters. The first-order valence-electron chi connectivity index (χ1n) is 6.77. The van der Waals surface area contributed by atoms with Gasteiger partial charge in [-0.3, -0.25) is 0 Å². The van der Waals surface area contributed by atoms with Crippen LogP contribution in [0.4, 0.5) is 10.3 Å². The van der Waals surface area contributed by atoms with E-state index in [1.54, 1.807) is 12.1 Å². The number of benzene rings is 1. The number of halogens is 1. The van der Waals surface area contributed by atoms with Crippen LogP contribution in [0.15, 0.2) is 34.3 Å². The molecule has 2 rings (SSSR count). The normalized spacial score (nSPS) is 10.4. The molecule has 0 aliphatic rings. The second kappa shape index (κ2) is 7.78. The lowest BCUT2D eigenvalue weighted by Gasteiger charge is -2.08. The Morgan fingerprint density at radius 1 is 1.24 bits per heavy atom. The highest BCUT2D eigenvalue weighted by Crippen LogP contribution is 2.26. The highest BCUT2D eigenvalue weighted by Gasteiger charge is 2.09. The van der Waals surface area contributed by atoms with Gasteiger partial charge < -0.3 is 10.1 Å². The van der Waals surface area contributed by atoms with Gasteiger partial charge in [-0.15, -0.1) is 0 Å². The molecule has 1 aromatic heterocycles. The third-order valence-corrected chi connectivity index (χ3v) is 3.26. The Balaban J connectivity index is 2.22. The van der Waals surface area contributed by atoms with Crippen LogP contribution in [-0.2, 0) is 0 Å². The molecule has 1 N–H and O–H groups in total. The van der Waals surface area contributed by atoms with Crippen LogP contribution < -0.4 is 10.1 Å². The van der Waals surface area contributed by atoms with Gasteiger partial charge in [-0.05, 0) is 43.3 Å². The highest BCUT2D eigenvalue weighted by molar-refractivity contribution is 7.99. The molecule has 112 valence electrons. The van der Waals surface area contributed by atoms with Crippen molar-refractivity contribution in [2.75, 3.05) is 18.5 Å². The Hall–Kier alpha value is -1.89. The second-order valence-corrected chi connectivity index (χ2v) is 5.18. The van der Waals surface area contributed by atoms with E-state index in [-0.39, 0.29) is 11.8 Å². The topological polar surface area (TPSA) is 59.9 Å². The number of nitrogens with zero attached hydrogens (tertiary/aromatic N) is 3. The smallest absolute Gasteiger partial charge is 0.322 e. The molecule has 0 fully saturated rings. The van der Waals surface area contributed by atoms with E-state index in [4.69, 9.17) is 4.74 Å². The first-order valence-corrected chi connectivity index (χ1v) is 7.59. The van der Waals surface area contributed by atoms with E-state index in [0.717, 1.165) is 17.9 Å². The van der Waals surface area contributed by atoms with Crippen molar-refractivity contribution >= 4 is 17.7 Å². The van der Waals surface area contributed by atoms with Crippen LogP contribution >= 0.6 is 11.8 Å². The number of aromatic nitrogens is 3. The fourth-order valence-electron chi connectivity index (χ4n) is 1.53. The van der Waals surface area contributed by atoms with Gasteiger partial charge in [0.25, 0.3) is 0 Å². The third kappa shape index (κ3) is 4.86. The summed E-state index contributed by atoms with van der Waals surface area (Å²) in [5, 5.41) is 3.57. The summed E-state index contributed by atoms with van der Waals surface area (Å²) in [6.45, 7) is 5.16. The van der Waals surface area contributed by atoms with Gasteiger partial charge in [0.15, 0.2) is 0 Å². The van der Waals surface area contributed by atoms with E-state index in [1.807, 2.05) is 6.92 Å². The van der Waals surface area contributed by atoms with Gasteiger partial charge in [0.05, 0.1) is 6.61 Å². The molecule has 0 saturated carbocycles. The maximum absolute atomic E-state index is 13.2. The number of rotatable bonds is 7. The summed E-state index contributed by atoms with van der Waals surface area (Å²) >= 11 is 1.27. The minimum Gasteiger partial charge on any atom is -0.464 e. The molecule has 2 aromatic rings. The molecule has 0 saturated heterocycles. The minimum absolute atomic E-state index is 0.269. The van der Waals surface area contributed by atoms with Crippen molar-refractivity contribution in [3.05, 3.63) is 30.1 Å². The number of hydrogen-bond acceptors (Lipinski definition) is 6. The molecule has 0 spiro atoms. The molecule has 1 heterocycles. The van der Waals surface area contributed by atoms with E-state index < -0.39 is 0 Å². The Morgan fingerprint density at radius 3 is 2.81 bits per heavy atom. The van der Waals surface area contributed by atoms with E-state index >= 15 is 0 Å². The predicted octanol–water partition coefficient (Wildman–Crippen LogP) is 3.38. The van der Waals surface area contributed by atoms with E-state index in [9.17, 15) is 4.39 Å². The summed E-state index contributed by atoms with van der Waals surface area (Å²) in [4.78, 5) is 13.4. The van der Waals surface area contributed by atoms with Gasteiger partial charge in [0, 0.05) is 11.4 Å². The number of nitrogens with one attached hydrogen (secondary N) is 1. The third-order valence-electron chi connectivity index (χ3n) is 2.41. The Kier molecular flexibility index (Phi) is 5.74. The van der Waals surface area contributed by atoms with Crippen LogP contribution in [0.3, 0.4) is 0 Å². The summed E-state index contributed by atoms with van der Waals surface area (Å²) in [5.41, 5.74) is 0. The van der Waals surface area contributed by atoms with E-state index in [1.165, 1.54) is 23.9 Å². The Bertz CT molecular complexity index is 597. The van der Waals surface area contributed by atoms with Crippen molar-refractivity contribution in [2.45, 2.75) is 30.3 Å². The van der Waals surface area contributed by atoms with Crippen LogP contribution in [0.25, 0.3) is 0 Å². The summed E-state index contributed by atoms with van der Waals surface area (Å²) in [6, 6.07) is 6.56. The van der Waals surface area contributed by atoms with Crippen molar-refractivity contribution in [1.82, 2.24) is 15.0 Å². The lowest BCUT2D eigenvalue weighted by Crippen LogP contribution is -2.08. The van der Waals surface area contributed by atoms with Crippen molar-refractivity contribution < 1.29 is 9.13 Å². The lowest BCUT2D eigenvalue weighted by atomic mass is 10.4. The minimum atomic E-state index is -0.289. The summed E-state index contributed by atoms with van der Waals surface area (Å²) < 4.78 is 18.6. The largest absolute Gasteiger partial charge is 0.464 e. The SMILES string of the molecule is CCCNc1nc(OCC)nc(Sc2cccc(F)c2)n1. The Morgan fingerprint density at radius 2 is 2.10 bits per heavy atom. The maximum atomic E-state index is 13.2. The molecule has 1 aromatic carbocycles. The molecule has 0 radical (unpaired) electrons. The molecule has 0 amide bonds. The van der Waals surface area contributed by atoms with Crippen LogP contribution in [0.2, 0.25) is 0 Å². The number of hydrogen-bond donors (Lipinski definition) is 1. The van der Waals surface area contributed by atoms with Gasteiger partial charge in [-0.2, -0.15) is 15.0 Å². The fourth-order valence-corrected chi connectivity index (χ4v) is 2.31. The van der Waals surface area contributed by atoms with E-state index in [2.05, 4.69) is 27.2 Å². The maximum Gasteiger partial charge on any atom is 0.322 e. The zero-order valence-corrected chi connectivity index (χ0v) is 12.8. The zero-order valence-electron chi connectivity index (χ0n) is 12.0. The van der Waals surface area contributed by atoms with Crippen LogP contribution in [-0.4, -0.2) is 28.1 Å². The van der Waals surface area contributed by atoms with Crippen LogP contribution in [0.5, 0.6) is 6.01 Å². The van der Waals surface area contributed by atoms with Crippen LogP contribution in [0, 0.1) is 5.82 Å². The summed E-state index contributed by atoms with van der Waals surface area (Å²) in [5.74, 6) is 0.178. The molecular weight excluding hydrogens is 291 g/mol. The molecule has 0 aliphatic carbocycles. The molecule has 0 aliphatic heterocycles. The van der Waals surface area contributed by atoms with Crippen molar-refractivity contribution in [3.8, 4) is 6.01 Å². The molecule has 0 atom stereocenters. The second-order valence-electron chi connectivity index (χ2n) is 4.14. The van der Waals surface area contributed by atoms with Gasteiger partial charge in [-0.1, -0.05) is 13.0 Å². The summed E-state index contributed by atoms with van der Waals surface area (Å²) in [7, 11) is 0. The predicted molar refractivity (Wildman–Crippen MR) is 80.3 cm³/mol. The monoisotopic (exact) mass is 308 g/mol. The standard InChI is InChI=1S/C14H17FN4OS/c1-3-8-16-12-17-13(20-4-2)19-14(18-12)21-11-7-5-6-10(15)9-11/h5-7,9H,3-4,8H2,1-2H3,(H,16,17,18,19). The zero-order chi connectivity index (χ0) is 15.1. The van der Waals surface area contributed by atoms with Gasteiger partial charge in [0.2, 0.25) is 11.1 Å². The molecule has 5 nitrogen and oxygen atoms in total. The average molecular weight is 308 g/mol. The van der Waals surface area contributed by atoms with Crippen LogP contribution in [0.1, 0.15) is 20.3 Å². The van der Waals surface area contributed by atoms with Gasteiger partial charge >= 0.3 is 6.01 Å². The molecule has 21 heavy (non-hydrogen) atoms. The van der Waals surface area contributed by atoms with Gasteiger partial charge in [0.1, 0.15) is 5.82 Å². The molecule has 0 bridgehead atoms. The quantitative estimate of drug-likeness (QED) is 0.846. The Labute approximate surface area is 127 Å². The number of anilines is 1. The lowest BCUT2D eigenvalue weighted by molar-refractivity contribution is 0.308. The van der Waals surface area contributed by atoms with Crippen molar-refractivity contribution in [2.24, 2.45) is 0 Å². The number of ether oxygens (including phenoxy) is 1. The van der Waals surface area contributed by atoms with Crippen molar-refractivity contribution in [3.63, 3.8) is 0 Å². The van der Waals surface area contributed by atoms with E-state index in [0.29, 0.717) is 17.7 Å². The highest BCUT2D eigenvalue weighted by atomic mass is 32.2. The van der Waals surface area contributed by atoms with Crippen molar-refractivity contribution in [1.29, 1.82) is 0 Å². The summed E-state index contributed by atoms with van der Waals surface area (Å²) in [6.07, 6.45) is 0.960. The first-order chi connectivity index (χ1) is 10.2. The molecular formula is C14H17FN4OS. The van der Waals surface area contributed by atoms with Gasteiger partial charge in [-0.25, -0.2) is 4.39 Å². The average Bonchev–Trinajstić information content (AvgIpc) is 2.45. The molecule has 7 heteroatoms.